The molecule has 0 saturated heterocycles. The van der Waals surface area contributed by atoms with Crippen LogP contribution in [0, 0.1) is 0 Å². The third kappa shape index (κ3) is 3.12. The summed E-state index contributed by atoms with van der Waals surface area (Å²) in [5, 5.41) is 0. The number of anilines is 1. The minimum Gasteiger partial charge on any atom is -0.481 e. The fraction of sp³-hybridized carbons (Fsp3) is 0.400. The number of hydrogen-bond acceptors (Lipinski definition) is 5. The highest BCUT2D eigenvalue weighted by molar-refractivity contribution is 5.74. The van der Waals surface area contributed by atoms with E-state index in [1.54, 1.807) is 19.1 Å². The lowest BCUT2D eigenvalue weighted by molar-refractivity contribution is -0.142. The fourth-order valence-corrected chi connectivity index (χ4v) is 1.10. The molecule has 0 aliphatic heterocycles. The van der Waals surface area contributed by atoms with Crippen LogP contribution in [0.5, 0.6) is 5.88 Å². The van der Waals surface area contributed by atoms with Crippen molar-refractivity contribution in [2.24, 2.45) is 0 Å². The molecule has 0 fully saturated rings. The van der Waals surface area contributed by atoms with Gasteiger partial charge in [-0.05, 0) is 13.0 Å². The lowest BCUT2D eigenvalue weighted by Crippen LogP contribution is -2.11. The standard InChI is InChI=1S/C10H14N2O3/c1-3-15-10(13)6-8-7(11)4-5-9(12-8)14-2/h4-5H,3,6,11H2,1-2H3. The van der Waals surface area contributed by atoms with E-state index in [2.05, 4.69) is 4.98 Å². The highest BCUT2D eigenvalue weighted by Gasteiger charge is 2.09. The molecule has 1 rings (SSSR count). The van der Waals surface area contributed by atoms with Crippen molar-refractivity contribution in [1.29, 1.82) is 0 Å². The number of rotatable bonds is 4. The Hall–Kier alpha value is -1.78. The summed E-state index contributed by atoms with van der Waals surface area (Å²) in [6.07, 6.45) is 0.0663. The third-order valence-corrected chi connectivity index (χ3v) is 1.81. The third-order valence-electron chi connectivity index (χ3n) is 1.81. The Labute approximate surface area is 88.2 Å². The first-order valence-corrected chi connectivity index (χ1v) is 4.62. The molecule has 0 aromatic carbocycles. The summed E-state index contributed by atoms with van der Waals surface area (Å²) in [4.78, 5) is 15.3. The van der Waals surface area contributed by atoms with E-state index >= 15 is 0 Å². The average Bonchev–Trinajstić information content (AvgIpc) is 2.21. The second kappa shape index (κ2) is 5.19. The first-order valence-electron chi connectivity index (χ1n) is 4.62. The molecule has 0 aliphatic carbocycles. The second-order valence-electron chi connectivity index (χ2n) is 2.87. The largest absolute Gasteiger partial charge is 0.481 e. The Balaban J connectivity index is 2.79. The quantitative estimate of drug-likeness (QED) is 0.743. The smallest absolute Gasteiger partial charge is 0.311 e. The zero-order valence-electron chi connectivity index (χ0n) is 8.82. The first kappa shape index (κ1) is 11.3. The minimum atomic E-state index is -0.343. The summed E-state index contributed by atoms with van der Waals surface area (Å²) in [6, 6.07) is 3.30. The van der Waals surface area contributed by atoms with E-state index in [1.807, 2.05) is 0 Å². The van der Waals surface area contributed by atoms with Gasteiger partial charge in [0.25, 0.3) is 0 Å². The van der Waals surface area contributed by atoms with Gasteiger partial charge in [0.15, 0.2) is 0 Å². The second-order valence-corrected chi connectivity index (χ2v) is 2.87. The Morgan fingerprint density at radius 2 is 2.27 bits per heavy atom. The van der Waals surface area contributed by atoms with Crippen LogP contribution in [0.25, 0.3) is 0 Å². The van der Waals surface area contributed by atoms with E-state index in [9.17, 15) is 4.79 Å². The monoisotopic (exact) mass is 210 g/mol. The van der Waals surface area contributed by atoms with Crippen molar-refractivity contribution in [2.45, 2.75) is 13.3 Å². The van der Waals surface area contributed by atoms with Gasteiger partial charge in [-0.25, -0.2) is 4.98 Å². The van der Waals surface area contributed by atoms with Gasteiger partial charge in [-0.2, -0.15) is 0 Å². The van der Waals surface area contributed by atoms with Crippen LogP contribution in [0.2, 0.25) is 0 Å². The number of methoxy groups -OCH3 is 1. The van der Waals surface area contributed by atoms with Crippen LogP contribution >= 0.6 is 0 Å². The molecule has 0 saturated carbocycles. The van der Waals surface area contributed by atoms with Gasteiger partial charge in [-0.1, -0.05) is 0 Å². The number of nitrogens with two attached hydrogens (primary N) is 1. The number of esters is 1. The summed E-state index contributed by atoms with van der Waals surface area (Å²) in [5.74, 6) is 0.0912. The van der Waals surface area contributed by atoms with Crippen molar-refractivity contribution in [2.75, 3.05) is 19.5 Å². The van der Waals surface area contributed by atoms with Gasteiger partial charge in [0, 0.05) is 6.07 Å². The van der Waals surface area contributed by atoms with Crippen molar-refractivity contribution in [1.82, 2.24) is 4.98 Å². The number of ether oxygens (including phenoxy) is 2. The molecule has 1 heterocycles. The van der Waals surface area contributed by atoms with E-state index in [0.29, 0.717) is 23.9 Å². The number of nitrogen functional groups attached to an aromatic ring is 1. The summed E-state index contributed by atoms with van der Waals surface area (Å²) in [5.41, 5.74) is 6.60. The van der Waals surface area contributed by atoms with Crippen LogP contribution < -0.4 is 10.5 Å². The van der Waals surface area contributed by atoms with Gasteiger partial charge in [-0.15, -0.1) is 0 Å². The fourth-order valence-electron chi connectivity index (χ4n) is 1.10. The predicted molar refractivity (Wildman–Crippen MR) is 55.5 cm³/mol. The first-order chi connectivity index (χ1) is 7.17. The van der Waals surface area contributed by atoms with Crippen LogP contribution in [-0.4, -0.2) is 24.7 Å². The molecule has 0 amide bonds. The van der Waals surface area contributed by atoms with E-state index in [-0.39, 0.29) is 12.4 Å². The molecule has 1 aromatic heterocycles. The van der Waals surface area contributed by atoms with Gasteiger partial charge < -0.3 is 15.2 Å². The van der Waals surface area contributed by atoms with Crippen LogP contribution in [0.4, 0.5) is 5.69 Å². The minimum absolute atomic E-state index is 0.0663. The number of pyridine rings is 1. The molecule has 0 aliphatic rings. The molecule has 0 bridgehead atoms. The maximum Gasteiger partial charge on any atom is 0.311 e. The highest BCUT2D eigenvalue weighted by Crippen LogP contribution is 2.15. The summed E-state index contributed by atoms with van der Waals surface area (Å²) >= 11 is 0. The molecule has 0 radical (unpaired) electrons. The van der Waals surface area contributed by atoms with Gasteiger partial charge in [0.05, 0.1) is 31.5 Å². The predicted octanol–water partition coefficient (Wildman–Crippen LogP) is 0.778. The van der Waals surface area contributed by atoms with Crippen LogP contribution in [0.3, 0.4) is 0 Å². The van der Waals surface area contributed by atoms with Gasteiger partial charge in [0.1, 0.15) is 0 Å². The summed E-state index contributed by atoms with van der Waals surface area (Å²) in [6.45, 7) is 2.10. The molecule has 5 heteroatoms. The van der Waals surface area contributed by atoms with Crippen molar-refractivity contribution < 1.29 is 14.3 Å². The SMILES string of the molecule is CCOC(=O)Cc1nc(OC)ccc1N. The van der Waals surface area contributed by atoms with Crippen molar-refractivity contribution in [3.8, 4) is 5.88 Å². The molecule has 2 N–H and O–H groups in total. The van der Waals surface area contributed by atoms with E-state index in [4.69, 9.17) is 15.2 Å². The molecule has 0 unspecified atom stereocenters. The molecule has 5 nitrogen and oxygen atoms in total. The normalized spacial score (nSPS) is 9.73. The van der Waals surface area contributed by atoms with Gasteiger partial charge >= 0.3 is 5.97 Å². The van der Waals surface area contributed by atoms with Crippen molar-refractivity contribution in [3.05, 3.63) is 17.8 Å². The molecule has 0 atom stereocenters. The van der Waals surface area contributed by atoms with Gasteiger partial charge in [0.2, 0.25) is 5.88 Å². The number of nitrogens with zero attached hydrogens (tertiary/aromatic N) is 1. The Morgan fingerprint density at radius 1 is 1.53 bits per heavy atom. The highest BCUT2D eigenvalue weighted by atomic mass is 16.5. The zero-order chi connectivity index (χ0) is 11.3. The number of carbonyl (C=O) groups is 1. The Morgan fingerprint density at radius 3 is 2.87 bits per heavy atom. The van der Waals surface area contributed by atoms with Crippen LogP contribution in [-0.2, 0) is 16.0 Å². The van der Waals surface area contributed by atoms with E-state index in [1.165, 1.54) is 7.11 Å². The molecular formula is C10H14N2O3. The van der Waals surface area contributed by atoms with Crippen molar-refractivity contribution >= 4 is 11.7 Å². The molecule has 0 spiro atoms. The average molecular weight is 210 g/mol. The number of aromatic nitrogens is 1. The molecule has 1 aromatic rings. The number of hydrogen-bond donors (Lipinski definition) is 1. The van der Waals surface area contributed by atoms with Crippen molar-refractivity contribution in [3.63, 3.8) is 0 Å². The lowest BCUT2D eigenvalue weighted by Gasteiger charge is -2.06. The maximum atomic E-state index is 11.2. The van der Waals surface area contributed by atoms with Crippen LogP contribution in [0.15, 0.2) is 12.1 Å². The molecular weight excluding hydrogens is 196 g/mol. The maximum absolute atomic E-state index is 11.2. The van der Waals surface area contributed by atoms with Crippen LogP contribution in [0.1, 0.15) is 12.6 Å². The zero-order valence-corrected chi connectivity index (χ0v) is 8.82. The van der Waals surface area contributed by atoms with E-state index < -0.39 is 0 Å². The van der Waals surface area contributed by atoms with E-state index in [0.717, 1.165) is 0 Å². The topological polar surface area (TPSA) is 74.4 Å². The number of carbonyl (C=O) groups excluding carboxylic acids is 1. The Kier molecular flexibility index (Phi) is 3.91. The van der Waals surface area contributed by atoms with Gasteiger partial charge in [-0.3, -0.25) is 4.79 Å². The summed E-state index contributed by atoms with van der Waals surface area (Å²) in [7, 11) is 1.51. The lowest BCUT2D eigenvalue weighted by atomic mass is 10.2. The Bertz CT molecular complexity index is 353. The molecule has 15 heavy (non-hydrogen) atoms. The molecule has 82 valence electrons. The summed E-state index contributed by atoms with van der Waals surface area (Å²) < 4.78 is 9.73.